The maximum absolute atomic E-state index is 11.7. The number of carbonyl (C=O) groups excluding carboxylic acids is 1. The summed E-state index contributed by atoms with van der Waals surface area (Å²) in [5.74, 6) is -0.00758. The lowest BCUT2D eigenvalue weighted by Crippen LogP contribution is -2.59. The Balaban J connectivity index is 1.60. The molecule has 0 unspecified atom stereocenters. The van der Waals surface area contributed by atoms with Crippen molar-refractivity contribution in [2.24, 2.45) is 5.41 Å². The van der Waals surface area contributed by atoms with Crippen molar-refractivity contribution in [3.63, 3.8) is 0 Å². The molecule has 0 aromatic heterocycles. The number of hydrogen-bond acceptors (Lipinski definition) is 4. The Morgan fingerprint density at radius 2 is 2.11 bits per heavy atom. The average Bonchev–Trinajstić information content (AvgIpc) is 3.10. The predicted octanol–water partition coefficient (Wildman–Crippen LogP) is 0.298. The molecular formula is C13H24N2O3. The van der Waals surface area contributed by atoms with E-state index >= 15 is 0 Å². The molecular weight excluding hydrogens is 232 g/mol. The number of hydrogen-bond donors (Lipinski definition) is 2. The Morgan fingerprint density at radius 1 is 1.39 bits per heavy atom. The van der Waals surface area contributed by atoms with Gasteiger partial charge < -0.3 is 20.1 Å². The van der Waals surface area contributed by atoms with Crippen molar-refractivity contribution in [1.29, 1.82) is 0 Å². The molecule has 2 fully saturated rings. The molecule has 2 aliphatic rings. The Bertz CT molecular complexity index is 299. The highest BCUT2D eigenvalue weighted by atomic mass is 16.5. The third kappa shape index (κ3) is 3.67. The number of carbonyl (C=O) groups is 1. The fraction of sp³-hybridized carbons (Fsp3) is 0.923. The molecule has 0 atom stereocenters. The van der Waals surface area contributed by atoms with Gasteiger partial charge in [0.25, 0.3) is 0 Å². The van der Waals surface area contributed by atoms with Gasteiger partial charge in [0.05, 0.1) is 5.60 Å². The molecule has 1 aliphatic heterocycles. The van der Waals surface area contributed by atoms with Crippen LogP contribution >= 0.6 is 0 Å². The van der Waals surface area contributed by atoms with E-state index in [9.17, 15) is 4.79 Å². The van der Waals surface area contributed by atoms with E-state index in [1.807, 2.05) is 6.92 Å². The molecule has 1 saturated heterocycles. The first-order chi connectivity index (χ1) is 8.58. The largest absolute Gasteiger partial charge is 0.385 e. The van der Waals surface area contributed by atoms with Gasteiger partial charge in [0.2, 0.25) is 5.91 Å². The molecule has 5 heteroatoms. The van der Waals surface area contributed by atoms with Gasteiger partial charge >= 0.3 is 0 Å². The van der Waals surface area contributed by atoms with Crippen LogP contribution in [0.3, 0.4) is 0 Å². The maximum atomic E-state index is 11.7. The van der Waals surface area contributed by atoms with Crippen LogP contribution in [0, 0.1) is 5.41 Å². The molecule has 5 nitrogen and oxygen atoms in total. The van der Waals surface area contributed by atoms with Crippen molar-refractivity contribution < 1.29 is 14.3 Å². The third-order valence-corrected chi connectivity index (χ3v) is 4.00. The lowest BCUT2D eigenvalue weighted by Gasteiger charge is -2.38. The smallest absolute Gasteiger partial charge is 0.246 e. The highest BCUT2D eigenvalue weighted by Crippen LogP contribution is 2.48. The molecule has 1 amide bonds. The first-order valence-electron chi connectivity index (χ1n) is 6.68. The standard InChI is InChI=1S/C13H24N2O3/c1-12(8-14-9-12)18-7-11(16)15-10-13(3-4-13)5-6-17-2/h14H,3-10H2,1-2H3,(H,15,16). The lowest BCUT2D eigenvalue weighted by molar-refractivity contribution is -0.136. The summed E-state index contributed by atoms with van der Waals surface area (Å²) >= 11 is 0. The molecule has 2 rings (SSSR count). The first-order valence-corrected chi connectivity index (χ1v) is 6.68. The molecule has 1 heterocycles. The summed E-state index contributed by atoms with van der Waals surface area (Å²) in [6, 6.07) is 0. The Morgan fingerprint density at radius 3 is 2.61 bits per heavy atom. The number of rotatable bonds is 8. The number of amides is 1. The van der Waals surface area contributed by atoms with Crippen molar-refractivity contribution in [2.75, 3.05) is 40.0 Å². The number of methoxy groups -OCH3 is 1. The minimum Gasteiger partial charge on any atom is -0.385 e. The van der Waals surface area contributed by atoms with Crippen molar-refractivity contribution in [2.45, 2.75) is 31.8 Å². The summed E-state index contributed by atoms with van der Waals surface area (Å²) in [5, 5.41) is 6.12. The van der Waals surface area contributed by atoms with Crippen LogP contribution in [0.25, 0.3) is 0 Å². The van der Waals surface area contributed by atoms with Gasteiger partial charge in [0.1, 0.15) is 6.61 Å². The van der Waals surface area contributed by atoms with Gasteiger partial charge in [-0.05, 0) is 31.6 Å². The van der Waals surface area contributed by atoms with Crippen molar-refractivity contribution >= 4 is 5.91 Å². The van der Waals surface area contributed by atoms with Crippen LogP contribution in [0.1, 0.15) is 26.2 Å². The minimum absolute atomic E-state index is 0.00758. The third-order valence-electron chi connectivity index (χ3n) is 4.00. The lowest BCUT2D eigenvalue weighted by atomic mass is 10.0. The molecule has 104 valence electrons. The average molecular weight is 256 g/mol. The summed E-state index contributed by atoms with van der Waals surface area (Å²) in [7, 11) is 1.72. The Labute approximate surface area is 109 Å². The van der Waals surface area contributed by atoms with E-state index in [1.54, 1.807) is 7.11 Å². The van der Waals surface area contributed by atoms with Crippen molar-refractivity contribution in [1.82, 2.24) is 10.6 Å². The SMILES string of the molecule is COCCC1(CNC(=O)COC2(C)CNC2)CC1. The zero-order valence-electron chi connectivity index (χ0n) is 11.4. The van der Waals surface area contributed by atoms with Gasteiger partial charge in [0, 0.05) is 33.4 Å². The van der Waals surface area contributed by atoms with Crippen LogP contribution in [0.2, 0.25) is 0 Å². The molecule has 0 spiro atoms. The number of nitrogens with one attached hydrogen (secondary N) is 2. The van der Waals surface area contributed by atoms with E-state index < -0.39 is 0 Å². The van der Waals surface area contributed by atoms with E-state index in [0.717, 1.165) is 32.7 Å². The summed E-state index contributed by atoms with van der Waals surface area (Å²) in [4.78, 5) is 11.7. The minimum atomic E-state index is -0.148. The first kappa shape index (κ1) is 13.8. The van der Waals surface area contributed by atoms with Gasteiger partial charge in [-0.2, -0.15) is 0 Å². The highest BCUT2D eigenvalue weighted by molar-refractivity contribution is 5.77. The van der Waals surface area contributed by atoms with Crippen LogP contribution in [0.5, 0.6) is 0 Å². The van der Waals surface area contributed by atoms with E-state index in [-0.39, 0.29) is 18.1 Å². The second-order valence-corrected chi connectivity index (χ2v) is 5.86. The molecule has 0 aromatic rings. The molecule has 1 saturated carbocycles. The predicted molar refractivity (Wildman–Crippen MR) is 68.4 cm³/mol. The van der Waals surface area contributed by atoms with Crippen LogP contribution in [0.4, 0.5) is 0 Å². The monoisotopic (exact) mass is 256 g/mol. The fourth-order valence-electron chi connectivity index (χ4n) is 2.17. The van der Waals surface area contributed by atoms with Crippen molar-refractivity contribution in [3.8, 4) is 0 Å². The zero-order valence-corrected chi connectivity index (χ0v) is 11.4. The second-order valence-electron chi connectivity index (χ2n) is 5.86. The summed E-state index contributed by atoms with van der Waals surface area (Å²) in [6.07, 6.45) is 3.42. The van der Waals surface area contributed by atoms with E-state index in [0.29, 0.717) is 5.41 Å². The summed E-state index contributed by atoms with van der Waals surface area (Å²) in [5.41, 5.74) is 0.151. The zero-order chi connectivity index (χ0) is 13.1. The van der Waals surface area contributed by atoms with Crippen LogP contribution in [-0.2, 0) is 14.3 Å². The van der Waals surface area contributed by atoms with E-state index in [1.165, 1.54) is 12.8 Å². The number of ether oxygens (including phenoxy) is 2. The molecule has 0 aromatic carbocycles. The van der Waals surface area contributed by atoms with Crippen LogP contribution < -0.4 is 10.6 Å². The quantitative estimate of drug-likeness (QED) is 0.656. The Kier molecular flexibility index (Phi) is 4.25. The van der Waals surface area contributed by atoms with E-state index in [4.69, 9.17) is 9.47 Å². The van der Waals surface area contributed by atoms with Gasteiger partial charge in [-0.1, -0.05) is 0 Å². The normalized spacial score (nSPS) is 23.2. The van der Waals surface area contributed by atoms with Gasteiger partial charge in [-0.25, -0.2) is 0 Å². The summed E-state index contributed by atoms with van der Waals surface area (Å²) in [6.45, 7) is 5.38. The van der Waals surface area contributed by atoms with Crippen LogP contribution in [-0.4, -0.2) is 51.5 Å². The van der Waals surface area contributed by atoms with E-state index in [2.05, 4.69) is 10.6 Å². The molecule has 2 N–H and O–H groups in total. The van der Waals surface area contributed by atoms with Crippen LogP contribution in [0.15, 0.2) is 0 Å². The molecule has 18 heavy (non-hydrogen) atoms. The fourth-order valence-corrected chi connectivity index (χ4v) is 2.17. The topological polar surface area (TPSA) is 59.6 Å². The van der Waals surface area contributed by atoms with Crippen molar-refractivity contribution in [3.05, 3.63) is 0 Å². The maximum Gasteiger partial charge on any atom is 0.246 e. The Hall–Kier alpha value is -0.650. The molecule has 1 aliphatic carbocycles. The highest BCUT2D eigenvalue weighted by Gasteiger charge is 2.42. The van der Waals surface area contributed by atoms with Gasteiger partial charge in [-0.15, -0.1) is 0 Å². The van der Waals surface area contributed by atoms with Gasteiger partial charge in [0.15, 0.2) is 0 Å². The second kappa shape index (κ2) is 5.55. The molecule has 0 radical (unpaired) electrons. The molecule has 0 bridgehead atoms. The van der Waals surface area contributed by atoms with Gasteiger partial charge in [-0.3, -0.25) is 4.79 Å². The summed E-state index contributed by atoms with van der Waals surface area (Å²) < 4.78 is 10.7.